The normalized spacial score (nSPS) is 10.3. The zero-order valence-electron chi connectivity index (χ0n) is 7.12. The fourth-order valence-corrected chi connectivity index (χ4v) is 1.90. The molecule has 0 atom stereocenters. The lowest BCUT2D eigenvalue weighted by Gasteiger charge is -2.02. The van der Waals surface area contributed by atoms with E-state index in [9.17, 15) is 0 Å². The molecule has 2 rings (SSSR count). The van der Waals surface area contributed by atoms with Crippen LogP contribution in [0.4, 0.5) is 0 Å². The first kappa shape index (κ1) is 8.74. The van der Waals surface area contributed by atoms with Gasteiger partial charge in [0.2, 0.25) is 0 Å². The molecule has 3 heteroatoms. The molecule has 0 aliphatic carbocycles. The van der Waals surface area contributed by atoms with Crippen LogP contribution in [0, 0.1) is 3.70 Å². The first-order valence-corrected chi connectivity index (χ1v) is 4.97. The van der Waals surface area contributed by atoms with Crippen molar-refractivity contribution in [3.8, 4) is 5.75 Å². The summed E-state index contributed by atoms with van der Waals surface area (Å²) in [6, 6.07) is 7.98. The van der Waals surface area contributed by atoms with Crippen molar-refractivity contribution >= 4 is 33.4 Å². The van der Waals surface area contributed by atoms with Crippen molar-refractivity contribution in [3.63, 3.8) is 0 Å². The minimum atomic E-state index is 0.884. The molecule has 1 heterocycles. The molecular formula is C10H8INO. The Morgan fingerprint density at radius 3 is 2.92 bits per heavy atom. The van der Waals surface area contributed by atoms with Gasteiger partial charge in [0.1, 0.15) is 9.45 Å². The highest BCUT2D eigenvalue weighted by molar-refractivity contribution is 14.1. The second-order valence-electron chi connectivity index (χ2n) is 2.69. The lowest BCUT2D eigenvalue weighted by molar-refractivity contribution is 0.415. The second kappa shape index (κ2) is 3.49. The molecule has 0 fully saturated rings. The van der Waals surface area contributed by atoms with Crippen LogP contribution in [0.1, 0.15) is 0 Å². The van der Waals surface area contributed by atoms with E-state index in [2.05, 4.69) is 27.6 Å². The Morgan fingerprint density at radius 2 is 2.15 bits per heavy atom. The highest BCUT2D eigenvalue weighted by atomic mass is 127. The standard InChI is InChI=1S/C10H8INO/c1-13-8-2-3-9-7(6-8)4-5-12-10(9)11/h2-6H,1H3. The average Bonchev–Trinajstić information content (AvgIpc) is 2.18. The number of ether oxygens (including phenoxy) is 1. The third-order valence-electron chi connectivity index (χ3n) is 1.92. The van der Waals surface area contributed by atoms with Crippen LogP contribution in [0.3, 0.4) is 0 Å². The van der Waals surface area contributed by atoms with E-state index < -0.39 is 0 Å². The largest absolute Gasteiger partial charge is 0.497 e. The van der Waals surface area contributed by atoms with E-state index in [4.69, 9.17) is 4.74 Å². The maximum Gasteiger partial charge on any atom is 0.119 e. The molecule has 1 aromatic carbocycles. The van der Waals surface area contributed by atoms with E-state index >= 15 is 0 Å². The Labute approximate surface area is 90.1 Å². The van der Waals surface area contributed by atoms with Gasteiger partial charge in [0.25, 0.3) is 0 Å². The monoisotopic (exact) mass is 285 g/mol. The lowest BCUT2D eigenvalue weighted by atomic mass is 10.2. The molecule has 13 heavy (non-hydrogen) atoms. The zero-order valence-corrected chi connectivity index (χ0v) is 9.28. The topological polar surface area (TPSA) is 22.1 Å². The van der Waals surface area contributed by atoms with Gasteiger partial charge >= 0.3 is 0 Å². The van der Waals surface area contributed by atoms with E-state index in [0.29, 0.717) is 0 Å². The summed E-state index contributed by atoms with van der Waals surface area (Å²) in [7, 11) is 1.67. The summed E-state index contributed by atoms with van der Waals surface area (Å²) in [5.41, 5.74) is 0. The van der Waals surface area contributed by atoms with Crippen molar-refractivity contribution < 1.29 is 4.74 Å². The third kappa shape index (κ3) is 1.60. The summed E-state index contributed by atoms with van der Waals surface area (Å²) < 4.78 is 6.16. The van der Waals surface area contributed by atoms with Crippen molar-refractivity contribution in [2.24, 2.45) is 0 Å². The second-order valence-corrected chi connectivity index (χ2v) is 3.71. The van der Waals surface area contributed by atoms with Gasteiger partial charge in [-0.2, -0.15) is 0 Å². The van der Waals surface area contributed by atoms with Crippen LogP contribution in [0.5, 0.6) is 5.75 Å². The number of fused-ring (bicyclic) bond motifs is 1. The Morgan fingerprint density at radius 1 is 1.31 bits per heavy atom. The number of rotatable bonds is 1. The van der Waals surface area contributed by atoms with Crippen LogP contribution in [0.2, 0.25) is 0 Å². The molecule has 0 radical (unpaired) electrons. The van der Waals surface area contributed by atoms with Crippen LogP contribution in [-0.2, 0) is 0 Å². The molecule has 0 aliphatic heterocycles. The number of hydrogen-bond donors (Lipinski definition) is 0. The van der Waals surface area contributed by atoms with Crippen LogP contribution in [0.15, 0.2) is 30.5 Å². The minimum absolute atomic E-state index is 0.884. The summed E-state index contributed by atoms with van der Waals surface area (Å²) in [5.74, 6) is 0.884. The molecule has 0 spiro atoms. The Bertz CT molecular complexity index is 442. The van der Waals surface area contributed by atoms with Crippen LogP contribution >= 0.6 is 22.6 Å². The number of aromatic nitrogens is 1. The number of pyridine rings is 1. The number of methoxy groups -OCH3 is 1. The molecule has 2 aromatic rings. The summed E-state index contributed by atoms with van der Waals surface area (Å²) in [6.07, 6.45) is 1.81. The van der Waals surface area contributed by atoms with Gasteiger partial charge in [-0.05, 0) is 52.2 Å². The number of halogens is 1. The molecule has 0 saturated carbocycles. The fraction of sp³-hybridized carbons (Fsp3) is 0.100. The predicted molar refractivity (Wildman–Crippen MR) is 61.0 cm³/mol. The van der Waals surface area contributed by atoms with Gasteiger partial charge in [-0.25, -0.2) is 4.98 Å². The van der Waals surface area contributed by atoms with E-state index in [1.54, 1.807) is 7.11 Å². The minimum Gasteiger partial charge on any atom is -0.497 e. The highest BCUT2D eigenvalue weighted by Gasteiger charge is 1.99. The van der Waals surface area contributed by atoms with Crippen molar-refractivity contribution in [2.45, 2.75) is 0 Å². The Kier molecular flexibility index (Phi) is 2.35. The van der Waals surface area contributed by atoms with E-state index in [1.807, 2.05) is 30.5 Å². The van der Waals surface area contributed by atoms with Crippen molar-refractivity contribution in [3.05, 3.63) is 34.2 Å². The number of hydrogen-bond acceptors (Lipinski definition) is 2. The molecule has 66 valence electrons. The maximum absolute atomic E-state index is 5.14. The van der Waals surface area contributed by atoms with Crippen LogP contribution in [0.25, 0.3) is 10.8 Å². The van der Waals surface area contributed by atoms with Gasteiger partial charge < -0.3 is 4.74 Å². The Hall–Kier alpha value is -0.840. The summed E-state index contributed by atoms with van der Waals surface area (Å²) in [6.45, 7) is 0. The van der Waals surface area contributed by atoms with Crippen molar-refractivity contribution in [1.82, 2.24) is 4.98 Å². The van der Waals surface area contributed by atoms with E-state index in [-0.39, 0.29) is 0 Å². The summed E-state index contributed by atoms with van der Waals surface area (Å²) in [5, 5.41) is 2.34. The molecular weight excluding hydrogens is 277 g/mol. The van der Waals surface area contributed by atoms with Gasteiger partial charge in [0.15, 0.2) is 0 Å². The SMILES string of the molecule is COc1ccc2c(I)nccc2c1. The number of nitrogens with zero attached hydrogens (tertiary/aromatic N) is 1. The first-order valence-electron chi connectivity index (χ1n) is 3.89. The lowest BCUT2D eigenvalue weighted by Crippen LogP contribution is -1.85. The smallest absolute Gasteiger partial charge is 0.119 e. The zero-order chi connectivity index (χ0) is 9.26. The van der Waals surface area contributed by atoms with Gasteiger partial charge in [-0.3, -0.25) is 0 Å². The predicted octanol–water partition coefficient (Wildman–Crippen LogP) is 2.85. The average molecular weight is 285 g/mol. The first-order chi connectivity index (χ1) is 6.31. The van der Waals surface area contributed by atoms with Gasteiger partial charge in [0, 0.05) is 11.6 Å². The van der Waals surface area contributed by atoms with Gasteiger partial charge in [-0.1, -0.05) is 0 Å². The fourth-order valence-electron chi connectivity index (χ4n) is 1.25. The molecule has 2 nitrogen and oxygen atoms in total. The van der Waals surface area contributed by atoms with Gasteiger partial charge in [0.05, 0.1) is 7.11 Å². The molecule has 0 unspecified atom stereocenters. The van der Waals surface area contributed by atoms with Crippen molar-refractivity contribution in [1.29, 1.82) is 0 Å². The summed E-state index contributed by atoms with van der Waals surface area (Å²) >= 11 is 2.23. The maximum atomic E-state index is 5.14. The summed E-state index contributed by atoms with van der Waals surface area (Å²) in [4.78, 5) is 4.21. The van der Waals surface area contributed by atoms with Crippen molar-refractivity contribution in [2.75, 3.05) is 7.11 Å². The molecule has 0 N–H and O–H groups in total. The molecule has 1 aromatic heterocycles. The molecule has 0 bridgehead atoms. The molecule has 0 amide bonds. The highest BCUT2D eigenvalue weighted by Crippen LogP contribution is 2.22. The quantitative estimate of drug-likeness (QED) is 0.593. The van der Waals surface area contributed by atoms with E-state index in [1.165, 1.54) is 10.8 Å². The van der Waals surface area contributed by atoms with Crippen LogP contribution < -0.4 is 4.74 Å². The van der Waals surface area contributed by atoms with Crippen LogP contribution in [-0.4, -0.2) is 12.1 Å². The Balaban J connectivity index is 2.72. The molecule has 0 aliphatic rings. The molecule has 0 saturated heterocycles. The number of benzene rings is 1. The third-order valence-corrected chi connectivity index (χ3v) is 2.78. The van der Waals surface area contributed by atoms with E-state index in [0.717, 1.165) is 9.45 Å². The van der Waals surface area contributed by atoms with Gasteiger partial charge in [-0.15, -0.1) is 0 Å².